The molecule has 0 amide bonds. The molecule has 0 aliphatic heterocycles. The van der Waals surface area contributed by atoms with E-state index in [-0.39, 0.29) is 15.9 Å². The van der Waals surface area contributed by atoms with Gasteiger partial charge in [0, 0.05) is 13.6 Å². The van der Waals surface area contributed by atoms with Gasteiger partial charge in [-0.25, -0.2) is 12.8 Å². The minimum atomic E-state index is -3.73. The van der Waals surface area contributed by atoms with E-state index >= 15 is 0 Å². The van der Waals surface area contributed by atoms with Crippen molar-refractivity contribution in [1.29, 1.82) is 0 Å². The quantitative estimate of drug-likeness (QED) is 0.912. The van der Waals surface area contributed by atoms with E-state index in [1.807, 2.05) is 0 Å². The van der Waals surface area contributed by atoms with Crippen molar-refractivity contribution in [3.63, 3.8) is 0 Å². The number of aliphatic hydroxyl groups is 1. The molecule has 1 aromatic rings. The number of halogens is 2. The Morgan fingerprint density at radius 3 is 2.44 bits per heavy atom. The summed E-state index contributed by atoms with van der Waals surface area (Å²) in [6.45, 7) is 2.98. The standard InChI is InChI=1S/C11H15BrFNO3S/c1-11(2,15)7-14(3)18(16,17)8-4-5-10(13)9(12)6-8/h4-6,15H,7H2,1-3H3. The highest BCUT2D eigenvalue weighted by Gasteiger charge is 2.26. The van der Waals surface area contributed by atoms with Gasteiger partial charge < -0.3 is 5.11 Å². The molecule has 0 saturated heterocycles. The first kappa shape index (κ1) is 15.6. The van der Waals surface area contributed by atoms with Crippen LogP contribution in [0.4, 0.5) is 4.39 Å². The van der Waals surface area contributed by atoms with Crippen molar-refractivity contribution in [2.24, 2.45) is 0 Å². The molecule has 0 aliphatic rings. The topological polar surface area (TPSA) is 57.6 Å². The summed E-state index contributed by atoms with van der Waals surface area (Å²) in [6.07, 6.45) is 0. The van der Waals surface area contributed by atoms with Gasteiger partial charge in [0.05, 0.1) is 15.0 Å². The maximum Gasteiger partial charge on any atom is 0.242 e. The third-order valence-corrected chi connectivity index (χ3v) is 4.62. The Balaban J connectivity index is 3.10. The third kappa shape index (κ3) is 3.74. The summed E-state index contributed by atoms with van der Waals surface area (Å²) < 4.78 is 38.5. The maximum atomic E-state index is 13.1. The zero-order valence-electron chi connectivity index (χ0n) is 10.3. The second kappa shape index (κ2) is 5.24. The van der Waals surface area contributed by atoms with Crippen LogP contribution in [0.2, 0.25) is 0 Å². The molecule has 0 heterocycles. The number of hydrogen-bond donors (Lipinski definition) is 1. The molecule has 1 aromatic carbocycles. The zero-order chi connectivity index (χ0) is 14.1. The fraction of sp³-hybridized carbons (Fsp3) is 0.455. The fourth-order valence-electron chi connectivity index (χ4n) is 1.45. The number of likely N-dealkylation sites (N-methyl/N-ethyl adjacent to an activating group) is 1. The van der Waals surface area contributed by atoms with Crippen LogP contribution in [-0.4, -0.2) is 37.0 Å². The van der Waals surface area contributed by atoms with Gasteiger partial charge in [0.15, 0.2) is 0 Å². The summed E-state index contributed by atoms with van der Waals surface area (Å²) in [5.74, 6) is -0.529. The highest BCUT2D eigenvalue weighted by Crippen LogP contribution is 2.22. The van der Waals surface area contributed by atoms with E-state index in [9.17, 15) is 17.9 Å². The summed E-state index contributed by atoms with van der Waals surface area (Å²) in [7, 11) is -2.37. The van der Waals surface area contributed by atoms with E-state index in [4.69, 9.17) is 0 Å². The molecule has 1 N–H and O–H groups in total. The average Bonchev–Trinajstić information content (AvgIpc) is 2.19. The van der Waals surface area contributed by atoms with E-state index in [1.165, 1.54) is 33.0 Å². The Hall–Kier alpha value is -0.500. The Morgan fingerprint density at radius 2 is 2.00 bits per heavy atom. The lowest BCUT2D eigenvalue weighted by molar-refractivity contribution is 0.0640. The van der Waals surface area contributed by atoms with Crippen LogP contribution in [0.15, 0.2) is 27.6 Å². The molecule has 0 aromatic heterocycles. The predicted octanol–water partition coefficient (Wildman–Crippen LogP) is 1.98. The first-order chi connectivity index (χ1) is 8.04. The van der Waals surface area contributed by atoms with Crippen molar-refractivity contribution in [2.45, 2.75) is 24.3 Å². The summed E-state index contributed by atoms with van der Waals surface area (Å²) in [6, 6.07) is 3.47. The molecule has 0 atom stereocenters. The molecular weight excluding hydrogens is 325 g/mol. The Kier molecular flexibility index (Phi) is 4.53. The molecule has 4 nitrogen and oxygen atoms in total. The van der Waals surface area contributed by atoms with E-state index < -0.39 is 21.4 Å². The van der Waals surface area contributed by atoms with Crippen LogP contribution < -0.4 is 0 Å². The van der Waals surface area contributed by atoms with Crippen molar-refractivity contribution >= 4 is 26.0 Å². The highest BCUT2D eigenvalue weighted by atomic mass is 79.9. The Bertz CT molecular complexity index is 540. The minimum Gasteiger partial charge on any atom is -0.389 e. The highest BCUT2D eigenvalue weighted by molar-refractivity contribution is 9.10. The lowest BCUT2D eigenvalue weighted by Gasteiger charge is -2.25. The molecule has 7 heteroatoms. The molecule has 18 heavy (non-hydrogen) atoms. The number of benzene rings is 1. The van der Waals surface area contributed by atoms with Gasteiger partial charge in [0.25, 0.3) is 0 Å². The van der Waals surface area contributed by atoms with Gasteiger partial charge in [-0.05, 0) is 48.0 Å². The lowest BCUT2D eigenvalue weighted by Crippen LogP contribution is -2.39. The smallest absolute Gasteiger partial charge is 0.242 e. The van der Waals surface area contributed by atoms with Crippen LogP contribution in [-0.2, 0) is 10.0 Å². The van der Waals surface area contributed by atoms with Gasteiger partial charge in [-0.15, -0.1) is 0 Å². The molecule has 102 valence electrons. The van der Waals surface area contributed by atoms with Crippen LogP contribution in [0.5, 0.6) is 0 Å². The van der Waals surface area contributed by atoms with Crippen LogP contribution in [0.1, 0.15) is 13.8 Å². The van der Waals surface area contributed by atoms with Crippen LogP contribution >= 0.6 is 15.9 Å². The Labute approximate surface area is 115 Å². The third-order valence-electron chi connectivity index (χ3n) is 2.21. The van der Waals surface area contributed by atoms with Gasteiger partial charge in [0.1, 0.15) is 5.82 Å². The first-order valence-corrected chi connectivity index (χ1v) is 7.41. The summed E-state index contributed by atoms with van der Waals surface area (Å²) in [5.41, 5.74) is -1.14. The second-order valence-electron chi connectivity index (χ2n) is 4.65. The zero-order valence-corrected chi connectivity index (χ0v) is 12.7. The lowest BCUT2D eigenvalue weighted by atomic mass is 10.1. The summed E-state index contributed by atoms with van der Waals surface area (Å²) in [5, 5.41) is 9.62. The minimum absolute atomic E-state index is 0.0254. The average molecular weight is 340 g/mol. The summed E-state index contributed by atoms with van der Waals surface area (Å²) >= 11 is 2.94. The first-order valence-electron chi connectivity index (χ1n) is 5.18. The molecule has 0 bridgehead atoms. The van der Waals surface area contributed by atoms with E-state index in [0.29, 0.717) is 0 Å². The molecule has 0 spiro atoms. The summed E-state index contributed by atoms with van der Waals surface area (Å²) in [4.78, 5) is -0.0254. The molecule has 0 saturated carbocycles. The van der Waals surface area contributed by atoms with Crippen molar-refractivity contribution in [2.75, 3.05) is 13.6 Å². The van der Waals surface area contributed by atoms with Crippen molar-refractivity contribution < 1.29 is 17.9 Å². The van der Waals surface area contributed by atoms with E-state index in [2.05, 4.69) is 15.9 Å². The van der Waals surface area contributed by atoms with Crippen molar-refractivity contribution in [3.05, 3.63) is 28.5 Å². The van der Waals surface area contributed by atoms with Gasteiger partial charge in [-0.1, -0.05) is 0 Å². The number of sulfonamides is 1. The number of nitrogens with zero attached hydrogens (tertiary/aromatic N) is 1. The molecule has 1 rings (SSSR count). The predicted molar refractivity (Wildman–Crippen MR) is 70.2 cm³/mol. The molecule has 0 unspecified atom stereocenters. The van der Waals surface area contributed by atoms with Crippen molar-refractivity contribution in [1.82, 2.24) is 4.31 Å². The van der Waals surface area contributed by atoms with Gasteiger partial charge in [-0.2, -0.15) is 4.31 Å². The van der Waals surface area contributed by atoms with Crippen molar-refractivity contribution in [3.8, 4) is 0 Å². The Morgan fingerprint density at radius 1 is 1.44 bits per heavy atom. The van der Waals surface area contributed by atoms with Gasteiger partial charge in [-0.3, -0.25) is 0 Å². The number of hydrogen-bond acceptors (Lipinski definition) is 3. The number of rotatable bonds is 4. The molecular formula is C11H15BrFNO3S. The molecule has 0 radical (unpaired) electrons. The van der Waals surface area contributed by atoms with Crippen LogP contribution in [0.3, 0.4) is 0 Å². The fourth-order valence-corrected chi connectivity index (χ4v) is 3.33. The van der Waals surface area contributed by atoms with E-state index in [0.717, 1.165) is 10.4 Å². The van der Waals surface area contributed by atoms with Crippen LogP contribution in [0, 0.1) is 5.82 Å². The molecule has 0 fully saturated rings. The van der Waals surface area contributed by atoms with Crippen LogP contribution in [0.25, 0.3) is 0 Å². The van der Waals surface area contributed by atoms with E-state index in [1.54, 1.807) is 0 Å². The van der Waals surface area contributed by atoms with Gasteiger partial charge >= 0.3 is 0 Å². The second-order valence-corrected chi connectivity index (χ2v) is 7.55. The van der Waals surface area contributed by atoms with Gasteiger partial charge in [0.2, 0.25) is 10.0 Å². The molecule has 0 aliphatic carbocycles. The SMILES string of the molecule is CN(CC(C)(C)O)S(=O)(=O)c1ccc(F)c(Br)c1. The largest absolute Gasteiger partial charge is 0.389 e. The monoisotopic (exact) mass is 339 g/mol. The maximum absolute atomic E-state index is 13.1. The normalized spacial score (nSPS) is 13.1.